The maximum Gasteiger partial charge on any atom is 0.342 e. The molecular weight excluding hydrogens is 198 g/mol. The molecule has 1 aromatic rings. The Bertz CT molecular complexity index is 422. The molecule has 70 valence electrons. The number of aromatic nitrogens is 3. The summed E-state index contributed by atoms with van der Waals surface area (Å²) in [6, 6.07) is 0. The second kappa shape index (κ2) is 3.90. The van der Waals surface area contributed by atoms with Crippen molar-refractivity contribution in [3.63, 3.8) is 0 Å². The number of H-pyrrole nitrogens is 2. The van der Waals surface area contributed by atoms with Crippen LogP contribution < -0.4 is 16.4 Å². The summed E-state index contributed by atoms with van der Waals surface area (Å²) in [5.74, 6) is -1.69. The molecule has 0 aliphatic rings. The lowest BCUT2D eigenvalue weighted by molar-refractivity contribution is -0.301. The van der Waals surface area contributed by atoms with Crippen molar-refractivity contribution in [3.8, 4) is 0 Å². The lowest BCUT2D eigenvalue weighted by atomic mass is 10.8. The Kier molecular flexibility index (Phi) is 2.85. The Morgan fingerprint density at radius 2 is 2.23 bits per heavy atom. The predicted molar refractivity (Wildman–Crippen MR) is 41.2 cm³/mol. The second-order valence-electron chi connectivity index (χ2n) is 1.97. The second-order valence-corrected chi connectivity index (χ2v) is 2.94. The van der Waals surface area contributed by atoms with Gasteiger partial charge >= 0.3 is 5.69 Å². The third-order valence-corrected chi connectivity index (χ3v) is 1.94. The number of aliphatic carboxylic acids is 1. The number of carboxylic acid groups (broad SMARTS) is 1. The number of carbonyl (C=O) groups is 1. The first-order valence-electron chi connectivity index (χ1n) is 3.11. The van der Waals surface area contributed by atoms with Gasteiger partial charge in [-0.25, -0.2) is 9.89 Å². The lowest BCUT2D eigenvalue weighted by Gasteiger charge is -1.98. The quantitative estimate of drug-likeness (QED) is 0.515. The fraction of sp³-hybridized carbons (Fsp3) is 0.200. The van der Waals surface area contributed by atoms with Crippen LogP contribution in [0.25, 0.3) is 0 Å². The molecule has 0 unspecified atom stereocenters. The summed E-state index contributed by atoms with van der Waals surface area (Å²) >= 11 is 0.677. The first-order chi connectivity index (χ1) is 6.09. The molecule has 0 saturated carbocycles. The van der Waals surface area contributed by atoms with Gasteiger partial charge in [-0.2, -0.15) is 5.10 Å². The minimum absolute atomic E-state index is 0.108. The number of carboxylic acids is 1. The van der Waals surface area contributed by atoms with Crippen LogP contribution in [0.5, 0.6) is 0 Å². The molecule has 0 spiro atoms. The standard InChI is InChI=1S/C5H5N3O4S/c9-2(10)1-13-4-3(11)6-5(12)8-7-4/h1H2,(H,9,10)(H2,6,8,11,12)/p-1. The van der Waals surface area contributed by atoms with E-state index in [2.05, 4.69) is 5.10 Å². The molecule has 13 heavy (non-hydrogen) atoms. The third kappa shape index (κ3) is 2.75. The zero-order chi connectivity index (χ0) is 9.84. The molecule has 1 rings (SSSR count). The fourth-order valence-electron chi connectivity index (χ4n) is 0.562. The summed E-state index contributed by atoms with van der Waals surface area (Å²) in [6.07, 6.45) is 0. The highest BCUT2D eigenvalue weighted by atomic mass is 32.2. The predicted octanol–water partition coefficient (Wildman–Crippen LogP) is -2.70. The molecule has 0 atom stereocenters. The van der Waals surface area contributed by atoms with Crippen molar-refractivity contribution in [2.24, 2.45) is 0 Å². The molecule has 0 aliphatic carbocycles. The monoisotopic (exact) mass is 202 g/mol. The Morgan fingerprint density at radius 1 is 1.54 bits per heavy atom. The zero-order valence-electron chi connectivity index (χ0n) is 6.20. The van der Waals surface area contributed by atoms with E-state index in [9.17, 15) is 19.5 Å². The summed E-state index contributed by atoms with van der Waals surface area (Å²) < 4.78 is 0. The average molecular weight is 202 g/mol. The molecule has 0 fully saturated rings. The molecular formula is C5H4N3O4S-. The number of nitrogens with one attached hydrogen (secondary N) is 2. The summed E-state index contributed by atoms with van der Waals surface area (Å²) in [6.45, 7) is 0. The molecule has 7 nitrogen and oxygen atoms in total. The number of nitrogens with zero attached hydrogens (tertiary/aromatic N) is 1. The van der Waals surface area contributed by atoms with Crippen molar-refractivity contribution in [3.05, 3.63) is 20.8 Å². The van der Waals surface area contributed by atoms with Crippen molar-refractivity contribution in [1.82, 2.24) is 15.2 Å². The molecule has 1 heterocycles. The normalized spacial score (nSPS) is 9.85. The van der Waals surface area contributed by atoms with E-state index in [1.165, 1.54) is 0 Å². The van der Waals surface area contributed by atoms with Gasteiger partial charge in [-0.1, -0.05) is 11.8 Å². The van der Waals surface area contributed by atoms with Gasteiger partial charge in [-0.15, -0.1) is 0 Å². The maximum atomic E-state index is 10.9. The van der Waals surface area contributed by atoms with Crippen LogP contribution in [-0.4, -0.2) is 26.9 Å². The number of hydrogen-bond donors (Lipinski definition) is 2. The topological polar surface area (TPSA) is 119 Å². The third-order valence-electron chi connectivity index (χ3n) is 1.01. The van der Waals surface area contributed by atoms with E-state index < -0.39 is 17.2 Å². The van der Waals surface area contributed by atoms with Crippen molar-refractivity contribution in [1.29, 1.82) is 0 Å². The minimum Gasteiger partial charge on any atom is -0.549 e. The van der Waals surface area contributed by atoms with Gasteiger partial charge in [-0.3, -0.25) is 9.78 Å². The van der Waals surface area contributed by atoms with Crippen LogP contribution in [-0.2, 0) is 4.79 Å². The van der Waals surface area contributed by atoms with Gasteiger partial charge in [0.25, 0.3) is 5.56 Å². The van der Waals surface area contributed by atoms with Gasteiger partial charge in [0.15, 0.2) is 5.03 Å². The Morgan fingerprint density at radius 3 is 2.77 bits per heavy atom. The van der Waals surface area contributed by atoms with Crippen molar-refractivity contribution in [2.45, 2.75) is 5.03 Å². The number of hydrogen-bond acceptors (Lipinski definition) is 6. The minimum atomic E-state index is -1.31. The van der Waals surface area contributed by atoms with Crippen LogP contribution >= 0.6 is 11.8 Å². The molecule has 0 radical (unpaired) electrons. The Balaban J connectivity index is 2.84. The van der Waals surface area contributed by atoms with Crippen LogP contribution in [0.4, 0.5) is 0 Å². The van der Waals surface area contributed by atoms with E-state index >= 15 is 0 Å². The van der Waals surface area contributed by atoms with Crippen molar-refractivity contribution in [2.75, 3.05) is 5.75 Å². The summed E-state index contributed by atoms with van der Waals surface area (Å²) in [4.78, 5) is 33.3. The molecule has 8 heteroatoms. The Hall–Kier alpha value is -1.57. The highest BCUT2D eigenvalue weighted by molar-refractivity contribution is 7.99. The van der Waals surface area contributed by atoms with Crippen LogP contribution in [0.3, 0.4) is 0 Å². The molecule has 0 saturated heterocycles. The maximum absolute atomic E-state index is 10.9. The van der Waals surface area contributed by atoms with Crippen LogP contribution in [0.2, 0.25) is 0 Å². The molecule has 0 aliphatic heterocycles. The fourth-order valence-corrected chi connectivity index (χ4v) is 1.11. The largest absolute Gasteiger partial charge is 0.549 e. The van der Waals surface area contributed by atoms with E-state index in [-0.39, 0.29) is 10.8 Å². The average Bonchev–Trinajstić information content (AvgIpc) is 2.02. The van der Waals surface area contributed by atoms with Crippen LogP contribution in [0, 0.1) is 0 Å². The van der Waals surface area contributed by atoms with Gasteiger partial charge in [0.2, 0.25) is 0 Å². The number of aromatic amines is 2. The zero-order valence-corrected chi connectivity index (χ0v) is 7.01. The van der Waals surface area contributed by atoms with Gasteiger partial charge < -0.3 is 9.90 Å². The highest BCUT2D eigenvalue weighted by Gasteiger charge is 2.02. The molecule has 0 aromatic carbocycles. The molecule has 2 N–H and O–H groups in total. The van der Waals surface area contributed by atoms with Crippen molar-refractivity contribution < 1.29 is 9.90 Å². The summed E-state index contributed by atoms with van der Waals surface area (Å²) in [5.41, 5.74) is -1.45. The highest BCUT2D eigenvalue weighted by Crippen LogP contribution is 2.05. The van der Waals surface area contributed by atoms with Crippen molar-refractivity contribution >= 4 is 17.7 Å². The number of rotatable bonds is 3. The first-order valence-corrected chi connectivity index (χ1v) is 4.10. The number of thioether (sulfide) groups is 1. The SMILES string of the molecule is O=C([O-])CSc1n[nH]c(=O)[nH]c1=O. The molecule has 0 bridgehead atoms. The molecule has 1 aromatic heterocycles. The van der Waals surface area contributed by atoms with E-state index in [1.807, 2.05) is 10.1 Å². The van der Waals surface area contributed by atoms with E-state index in [0.717, 1.165) is 0 Å². The van der Waals surface area contributed by atoms with Gasteiger partial charge in [0, 0.05) is 5.75 Å². The van der Waals surface area contributed by atoms with E-state index in [4.69, 9.17) is 0 Å². The number of carbonyl (C=O) groups excluding carboxylic acids is 1. The lowest BCUT2D eigenvalue weighted by Crippen LogP contribution is -2.28. The first kappa shape index (κ1) is 9.52. The van der Waals surface area contributed by atoms with Crippen LogP contribution in [0.15, 0.2) is 14.6 Å². The summed E-state index contributed by atoms with van der Waals surface area (Å²) in [7, 11) is 0. The van der Waals surface area contributed by atoms with E-state index in [1.54, 1.807) is 0 Å². The van der Waals surface area contributed by atoms with Gasteiger partial charge in [0.1, 0.15) is 0 Å². The smallest absolute Gasteiger partial charge is 0.342 e. The van der Waals surface area contributed by atoms with Crippen LogP contribution in [0.1, 0.15) is 0 Å². The van der Waals surface area contributed by atoms with E-state index in [0.29, 0.717) is 11.8 Å². The van der Waals surface area contributed by atoms with Gasteiger partial charge in [-0.05, 0) is 0 Å². The van der Waals surface area contributed by atoms with Gasteiger partial charge in [0.05, 0.1) is 5.97 Å². The molecule has 0 amide bonds. The Labute approximate surface area is 75.2 Å². The summed E-state index contributed by atoms with van der Waals surface area (Å²) in [5, 5.41) is 15.2.